The lowest BCUT2D eigenvalue weighted by molar-refractivity contribution is 0.533. The third kappa shape index (κ3) is 3.83. The summed E-state index contributed by atoms with van der Waals surface area (Å²) in [4.78, 5) is 11.4. The van der Waals surface area contributed by atoms with Gasteiger partial charge in [0.15, 0.2) is 5.76 Å². The molecule has 0 aliphatic carbocycles. The first-order chi connectivity index (χ1) is 12.0. The van der Waals surface area contributed by atoms with Gasteiger partial charge in [-0.2, -0.15) is 5.10 Å². The maximum Gasteiger partial charge on any atom is 0.266 e. The van der Waals surface area contributed by atoms with Crippen molar-refractivity contribution in [2.24, 2.45) is 0 Å². The molecule has 2 aromatic heterocycles. The number of nitrogens with one attached hydrogen (secondary N) is 1. The van der Waals surface area contributed by atoms with E-state index >= 15 is 0 Å². The normalized spacial score (nSPS) is 11.6. The van der Waals surface area contributed by atoms with Gasteiger partial charge in [-0.05, 0) is 30.3 Å². The van der Waals surface area contributed by atoms with Crippen molar-refractivity contribution >= 4 is 10.0 Å². The van der Waals surface area contributed by atoms with Gasteiger partial charge >= 0.3 is 0 Å². The highest BCUT2D eigenvalue weighted by Crippen LogP contribution is 2.15. The standard InChI is InChI=1S/C16H14FN3O4S/c17-12-4-1-2-6-15(12)25(22,23)18-9-10-20-16(21)8-7-13(19-20)14-5-3-11-24-14/h1-8,11,18H,9-10H2. The zero-order valence-corrected chi connectivity index (χ0v) is 13.7. The summed E-state index contributed by atoms with van der Waals surface area (Å²) in [5.41, 5.74) is 0.0574. The summed E-state index contributed by atoms with van der Waals surface area (Å²) >= 11 is 0. The van der Waals surface area contributed by atoms with Crippen LogP contribution in [-0.4, -0.2) is 24.7 Å². The van der Waals surface area contributed by atoms with Crippen LogP contribution in [0, 0.1) is 5.82 Å². The van der Waals surface area contributed by atoms with Gasteiger partial charge in [-0.25, -0.2) is 22.2 Å². The third-order valence-corrected chi connectivity index (χ3v) is 4.88. The zero-order chi connectivity index (χ0) is 17.9. The highest BCUT2D eigenvalue weighted by atomic mass is 32.2. The summed E-state index contributed by atoms with van der Waals surface area (Å²) in [6.45, 7) is -0.133. The fraction of sp³-hybridized carbons (Fsp3) is 0.125. The van der Waals surface area contributed by atoms with Gasteiger partial charge in [-0.15, -0.1) is 0 Å². The van der Waals surface area contributed by atoms with Crippen LogP contribution in [0.15, 0.2) is 68.9 Å². The van der Waals surface area contributed by atoms with E-state index in [2.05, 4.69) is 9.82 Å². The minimum atomic E-state index is -4.01. The number of hydrogen-bond donors (Lipinski definition) is 1. The predicted molar refractivity (Wildman–Crippen MR) is 87.8 cm³/mol. The van der Waals surface area contributed by atoms with Crippen molar-refractivity contribution in [3.8, 4) is 11.5 Å². The number of furan rings is 1. The molecule has 0 bridgehead atoms. The third-order valence-electron chi connectivity index (χ3n) is 3.38. The number of halogens is 1. The second kappa shape index (κ2) is 6.99. The van der Waals surface area contributed by atoms with Gasteiger partial charge in [0, 0.05) is 12.6 Å². The molecule has 0 aliphatic rings. The number of aromatic nitrogens is 2. The van der Waals surface area contributed by atoms with Crippen LogP contribution in [0.3, 0.4) is 0 Å². The molecule has 3 aromatic rings. The van der Waals surface area contributed by atoms with Crippen LogP contribution in [0.25, 0.3) is 11.5 Å². The van der Waals surface area contributed by atoms with E-state index in [-0.39, 0.29) is 18.6 Å². The maximum absolute atomic E-state index is 13.6. The number of hydrogen-bond acceptors (Lipinski definition) is 5. The number of sulfonamides is 1. The van der Waals surface area contributed by atoms with E-state index in [9.17, 15) is 17.6 Å². The van der Waals surface area contributed by atoms with Crippen LogP contribution in [0.1, 0.15) is 0 Å². The molecular formula is C16H14FN3O4S. The number of benzene rings is 1. The Kier molecular flexibility index (Phi) is 4.77. The molecule has 9 heteroatoms. The lowest BCUT2D eigenvalue weighted by Gasteiger charge is -2.09. The van der Waals surface area contributed by atoms with E-state index in [1.54, 1.807) is 12.1 Å². The van der Waals surface area contributed by atoms with Crippen molar-refractivity contribution in [1.82, 2.24) is 14.5 Å². The molecule has 0 saturated carbocycles. The van der Waals surface area contributed by atoms with Crippen LogP contribution in [0.4, 0.5) is 4.39 Å². The van der Waals surface area contributed by atoms with Crippen molar-refractivity contribution < 1.29 is 17.2 Å². The average molecular weight is 363 g/mol. The monoisotopic (exact) mass is 363 g/mol. The lowest BCUT2D eigenvalue weighted by Crippen LogP contribution is -2.32. The SMILES string of the molecule is O=c1ccc(-c2ccco2)nn1CCNS(=O)(=O)c1ccccc1F. The average Bonchev–Trinajstić information content (AvgIpc) is 3.11. The molecule has 0 unspecified atom stereocenters. The molecule has 0 amide bonds. The Morgan fingerprint density at radius 3 is 2.64 bits per heavy atom. The van der Waals surface area contributed by atoms with Gasteiger partial charge < -0.3 is 4.42 Å². The van der Waals surface area contributed by atoms with Gasteiger partial charge in [0.2, 0.25) is 10.0 Å². The quantitative estimate of drug-likeness (QED) is 0.718. The Labute approximate surface area is 142 Å². The van der Waals surface area contributed by atoms with E-state index < -0.39 is 20.7 Å². The molecule has 0 aliphatic heterocycles. The first-order valence-electron chi connectivity index (χ1n) is 7.33. The topological polar surface area (TPSA) is 94.2 Å². The van der Waals surface area contributed by atoms with Gasteiger partial charge in [0.05, 0.1) is 12.8 Å². The maximum atomic E-state index is 13.6. The van der Waals surface area contributed by atoms with Crippen molar-refractivity contribution in [3.05, 3.63) is 71.0 Å². The van der Waals surface area contributed by atoms with Gasteiger partial charge in [0.25, 0.3) is 5.56 Å². The molecule has 25 heavy (non-hydrogen) atoms. The summed E-state index contributed by atoms with van der Waals surface area (Å²) < 4.78 is 46.4. The minimum Gasteiger partial charge on any atom is -0.463 e. The number of nitrogens with zero attached hydrogens (tertiary/aromatic N) is 2. The Morgan fingerprint density at radius 2 is 1.92 bits per heavy atom. The fourth-order valence-corrected chi connectivity index (χ4v) is 3.29. The van der Waals surface area contributed by atoms with Crippen LogP contribution in [0.5, 0.6) is 0 Å². The second-order valence-corrected chi connectivity index (χ2v) is 6.82. The van der Waals surface area contributed by atoms with Crippen molar-refractivity contribution in [1.29, 1.82) is 0 Å². The number of rotatable bonds is 6. The highest BCUT2D eigenvalue weighted by Gasteiger charge is 2.17. The van der Waals surface area contributed by atoms with Crippen molar-refractivity contribution in [3.63, 3.8) is 0 Å². The Morgan fingerprint density at radius 1 is 1.12 bits per heavy atom. The molecule has 1 aromatic carbocycles. The van der Waals surface area contributed by atoms with Gasteiger partial charge in [-0.3, -0.25) is 4.79 Å². The first kappa shape index (κ1) is 17.1. The van der Waals surface area contributed by atoms with Crippen LogP contribution in [-0.2, 0) is 16.6 Å². The Bertz CT molecular complexity index is 1030. The molecule has 1 N–H and O–H groups in total. The van der Waals surface area contributed by atoms with Crippen LogP contribution >= 0.6 is 0 Å². The highest BCUT2D eigenvalue weighted by molar-refractivity contribution is 7.89. The molecule has 0 atom stereocenters. The molecule has 0 fully saturated rings. The zero-order valence-electron chi connectivity index (χ0n) is 12.9. The molecule has 3 rings (SSSR count). The molecule has 2 heterocycles. The second-order valence-electron chi connectivity index (χ2n) is 5.09. The Hall–Kier alpha value is -2.78. The smallest absolute Gasteiger partial charge is 0.266 e. The van der Waals surface area contributed by atoms with E-state index in [4.69, 9.17) is 4.42 Å². The molecule has 7 nitrogen and oxygen atoms in total. The lowest BCUT2D eigenvalue weighted by atomic mass is 10.3. The van der Waals surface area contributed by atoms with E-state index in [1.165, 1.54) is 36.6 Å². The minimum absolute atomic E-state index is 0.0128. The fourth-order valence-electron chi connectivity index (χ4n) is 2.19. The van der Waals surface area contributed by atoms with E-state index in [0.29, 0.717) is 11.5 Å². The summed E-state index contributed by atoms with van der Waals surface area (Å²) in [5.74, 6) is -0.356. The van der Waals surface area contributed by atoms with Crippen molar-refractivity contribution in [2.75, 3.05) is 6.54 Å². The van der Waals surface area contributed by atoms with Gasteiger partial charge in [0.1, 0.15) is 16.4 Å². The summed E-state index contributed by atoms with van der Waals surface area (Å²) in [6, 6.07) is 11.3. The van der Waals surface area contributed by atoms with Crippen LogP contribution < -0.4 is 10.3 Å². The van der Waals surface area contributed by atoms with E-state index in [1.807, 2.05) is 0 Å². The summed E-state index contributed by atoms with van der Waals surface area (Å²) in [7, 11) is -4.01. The van der Waals surface area contributed by atoms with Crippen LogP contribution in [0.2, 0.25) is 0 Å². The predicted octanol–water partition coefficient (Wildman–Crippen LogP) is 1.62. The molecular weight excluding hydrogens is 349 g/mol. The largest absolute Gasteiger partial charge is 0.463 e. The Balaban J connectivity index is 1.73. The molecule has 130 valence electrons. The molecule has 0 radical (unpaired) electrons. The van der Waals surface area contributed by atoms with Crippen molar-refractivity contribution in [2.45, 2.75) is 11.4 Å². The van der Waals surface area contributed by atoms with Gasteiger partial charge in [-0.1, -0.05) is 12.1 Å². The summed E-state index contributed by atoms with van der Waals surface area (Å²) in [5, 5.41) is 4.13. The van der Waals surface area contributed by atoms with E-state index in [0.717, 1.165) is 10.7 Å². The summed E-state index contributed by atoms with van der Waals surface area (Å²) in [6.07, 6.45) is 1.48. The first-order valence-corrected chi connectivity index (χ1v) is 8.82. The molecule has 0 spiro atoms. The molecule has 0 saturated heterocycles.